The van der Waals surface area contributed by atoms with Crippen LogP contribution in [0.4, 0.5) is 0 Å². The fraction of sp³-hybridized carbons (Fsp3) is 0.688. The third kappa shape index (κ3) is 3.66. The minimum absolute atomic E-state index is 0.0631. The largest absolute Gasteiger partial charge is 0.302 e. The zero-order valence-electron chi connectivity index (χ0n) is 12.5. The molecule has 2 aliphatic rings. The molecule has 0 radical (unpaired) electrons. The van der Waals surface area contributed by atoms with Gasteiger partial charge in [-0.1, -0.05) is 0 Å². The standard InChI is InChI=1S/C16H24N4O/c21-13-15(20-8-1-2-9-20)12-19-7-3-4-14(11-19)16-10-17-5-6-18-16/h5-6,10,13-15H,1-4,7-9,11-12H2. The lowest BCUT2D eigenvalue weighted by molar-refractivity contribution is -0.112. The molecule has 1 aromatic rings. The van der Waals surface area contributed by atoms with Crippen molar-refractivity contribution in [2.45, 2.75) is 37.6 Å². The molecule has 114 valence electrons. The van der Waals surface area contributed by atoms with Crippen LogP contribution < -0.4 is 0 Å². The molecule has 0 aromatic carbocycles. The van der Waals surface area contributed by atoms with Crippen molar-refractivity contribution in [3.05, 3.63) is 24.3 Å². The molecular weight excluding hydrogens is 264 g/mol. The summed E-state index contributed by atoms with van der Waals surface area (Å²) >= 11 is 0. The van der Waals surface area contributed by atoms with Gasteiger partial charge in [-0.2, -0.15) is 0 Å². The Morgan fingerprint density at radius 3 is 2.81 bits per heavy atom. The normalized spacial score (nSPS) is 25.8. The van der Waals surface area contributed by atoms with E-state index in [1.807, 2.05) is 6.20 Å². The van der Waals surface area contributed by atoms with Crippen LogP contribution in [0.5, 0.6) is 0 Å². The van der Waals surface area contributed by atoms with E-state index < -0.39 is 0 Å². The van der Waals surface area contributed by atoms with Crippen molar-refractivity contribution in [1.82, 2.24) is 19.8 Å². The number of nitrogens with zero attached hydrogens (tertiary/aromatic N) is 4. The summed E-state index contributed by atoms with van der Waals surface area (Å²) in [6, 6.07) is 0.0631. The Morgan fingerprint density at radius 2 is 2.10 bits per heavy atom. The van der Waals surface area contributed by atoms with E-state index in [0.717, 1.165) is 44.7 Å². The number of hydrogen-bond acceptors (Lipinski definition) is 5. The van der Waals surface area contributed by atoms with Gasteiger partial charge in [-0.25, -0.2) is 0 Å². The van der Waals surface area contributed by atoms with Crippen molar-refractivity contribution in [1.29, 1.82) is 0 Å². The number of carbonyl (C=O) groups excluding carboxylic acids is 1. The molecule has 21 heavy (non-hydrogen) atoms. The quantitative estimate of drug-likeness (QED) is 0.765. The predicted octanol–water partition coefficient (Wildman–Crippen LogP) is 1.32. The zero-order chi connectivity index (χ0) is 14.5. The number of likely N-dealkylation sites (tertiary alicyclic amines) is 2. The molecule has 2 atom stereocenters. The van der Waals surface area contributed by atoms with E-state index in [9.17, 15) is 4.79 Å². The molecule has 3 heterocycles. The summed E-state index contributed by atoms with van der Waals surface area (Å²) in [6.45, 7) is 5.10. The van der Waals surface area contributed by atoms with E-state index in [1.165, 1.54) is 25.7 Å². The van der Waals surface area contributed by atoms with E-state index in [1.54, 1.807) is 12.4 Å². The molecular formula is C16H24N4O. The van der Waals surface area contributed by atoms with Gasteiger partial charge < -0.3 is 9.69 Å². The molecule has 1 aromatic heterocycles. The average molecular weight is 288 g/mol. The van der Waals surface area contributed by atoms with Gasteiger partial charge in [0.2, 0.25) is 0 Å². The monoisotopic (exact) mass is 288 g/mol. The number of aromatic nitrogens is 2. The summed E-state index contributed by atoms with van der Waals surface area (Å²) in [5.41, 5.74) is 1.09. The summed E-state index contributed by atoms with van der Waals surface area (Å²) in [7, 11) is 0. The van der Waals surface area contributed by atoms with Crippen LogP contribution in [0.25, 0.3) is 0 Å². The molecule has 2 fully saturated rings. The Bertz CT molecular complexity index is 447. The molecule has 2 unspecified atom stereocenters. The van der Waals surface area contributed by atoms with Crippen LogP contribution in [0.15, 0.2) is 18.6 Å². The highest BCUT2D eigenvalue weighted by Crippen LogP contribution is 2.25. The van der Waals surface area contributed by atoms with E-state index in [0.29, 0.717) is 5.92 Å². The van der Waals surface area contributed by atoms with Crippen LogP contribution in [-0.2, 0) is 4.79 Å². The maximum atomic E-state index is 11.4. The molecule has 5 nitrogen and oxygen atoms in total. The lowest BCUT2D eigenvalue weighted by Gasteiger charge is -2.35. The molecule has 0 aliphatic carbocycles. The minimum Gasteiger partial charge on any atom is -0.302 e. The lowest BCUT2D eigenvalue weighted by Crippen LogP contribution is -2.46. The highest BCUT2D eigenvalue weighted by Gasteiger charge is 2.27. The Morgan fingerprint density at radius 1 is 1.24 bits per heavy atom. The third-order valence-electron chi connectivity index (χ3n) is 4.72. The Labute approximate surface area is 126 Å². The molecule has 0 N–H and O–H groups in total. The van der Waals surface area contributed by atoms with Crippen LogP contribution in [0.1, 0.15) is 37.3 Å². The van der Waals surface area contributed by atoms with E-state index >= 15 is 0 Å². The van der Waals surface area contributed by atoms with Gasteiger partial charge in [0.25, 0.3) is 0 Å². The average Bonchev–Trinajstić information content (AvgIpc) is 3.08. The van der Waals surface area contributed by atoms with Crippen molar-refractivity contribution in [3.63, 3.8) is 0 Å². The first-order chi connectivity index (χ1) is 10.4. The second-order valence-corrected chi connectivity index (χ2v) is 6.18. The van der Waals surface area contributed by atoms with Crippen molar-refractivity contribution in [3.8, 4) is 0 Å². The minimum atomic E-state index is 0.0631. The van der Waals surface area contributed by atoms with Crippen molar-refractivity contribution < 1.29 is 4.79 Å². The zero-order valence-corrected chi connectivity index (χ0v) is 12.5. The highest BCUT2D eigenvalue weighted by atomic mass is 16.1. The van der Waals surface area contributed by atoms with Gasteiger partial charge in [0, 0.05) is 37.6 Å². The van der Waals surface area contributed by atoms with Gasteiger partial charge >= 0.3 is 0 Å². The Hall–Kier alpha value is -1.33. The SMILES string of the molecule is O=CC(CN1CCCC(c2cnccn2)C1)N1CCCC1. The van der Waals surface area contributed by atoms with Crippen molar-refractivity contribution in [2.75, 3.05) is 32.7 Å². The molecule has 0 saturated carbocycles. The maximum absolute atomic E-state index is 11.4. The van der Waals surface area contributed by atoms with Crippen LogP contribution in [-0.4, -0.2) is 64.8 Å². The number of rotatable bonds is 5. The second kappa shape index (κ2) is 7.09. The van der Waals surface area contributed by atoms with Crippen molar-refractivity contribution in [2.24, 2.45) is 0 Å². The van der Waals surface area contributed by atoms with Gasteiger partial charge in [0.05, 0.1) is 11.7 Å². The number of piperidine rings is 1. The number of hydrogen-bond donors (Lipinski definition) is 0. The first-order valence-corrected chi connectivity index (χ1v) is 8.04. The Kier molecular flexibility index (Phi) is 4.93. The molecule has 0 bridgehead atoms. The van der Waals surface area contributed by atoms with Crippen LogP contribution in [0.2, 0.25) is 0 Å². The van der Waals surface area contributed by atoms with Crippen LogP contribution in [0, 0.1) is 0 Å². The lowest BCUT2D eigenvalue weighted by atomic mass is 9.94. The Balaban J connectivity index is 1.59. The molecule has 3 rings (SSSR count). The summed E-state index contributed by atoms with van der Waals surface area (Å²) in [5, 5.41) is 0. The number of carbonyl (C=O) groups is 1. The van der Waals surface area contributed by atoms with Crippen LogP contribution >= 0.6 is 0 Å². The first-order valence-electron chi connectivity index (χ1n) is 8.04. The summed E-state index contributed by atoms with van der Waals surface area (Å²) < 4.78 is 0. The first kappa shape index (κ1) is 14.6. The summed E-state index contributed by atoms with van der Waals surface area (Å²) in [4.78, 5) is 24.8. The third-order valence-corrected chi connectivity index (χ3v) is 4.72. The molecule has 2 aliphatic heterocycles. The van der Waals surface area contributed by atoms with E-state index in [2.05, 4.69) is 19.8 Å². The fourth-order valence-corrected chi connectivity index (χ4v) is 3.57. The van der Waals surface area contributed by atoms with Gasteiger partial charge in [-0.05, 0) is 45.3 Å². The molecule has 0 spiro atoms. The molecule has 0 amide bonds. The highest BCUT2D eigenvalue weighted by molar-refractivity contribution is 5.58. The van der Waals surface area contributed by atoms with Gasteiger partial charge in [-0.15, -0.1) is 0 Å². The predicted molar refractivity (Wildman–Crippen MR) is 81.1 cm³/mol. The fourth-order valence-electron chi connectivity index (χ4n) is 3.57. The van der Waals surface area contributed by atoms with Crippen molar-refractivity contribution >= 4 is 6.29 Å². The second-order valence-electron chi connectivity index (χ2n) is 6.18. The summed E-state index contributed by atoms with van der Waals surface area (Å²) in [6.07, 6.45) is 11.3. The van der Waals surface area contributed by atoms with Gasteiger partial charge in [-0.3, -0.25) is 14.9 Å². The molecule has 5 heteroatoms. The molecule has 2 saturated heterocycles. The summed E-state index contributed by atoms with van der Waals surface area (Å²) in [5.74, 6) is 0.457. The number of aldehydes is 1. The van der Waals surface area contributed by atoms with Gasteiger partial charge in [0.1, 0.15) is 6.29 Å². The van der Waals surface area contributed by atoms with E-state index in [-0.39, 0.29) is 6.04 Å². The van der Waals surface area contributed by atoms with Gasteiger partial charge in [0.15, 0.2) is 0 Å². The van der Waals surface area contributed by atoms with E-state index in [4.69, 9.17) is 0 Å². The smallest absolute Gasteiger partial charge is 0.138 e. The topological polar surface area (TPSA) is 49.3 Å². The van der Waals surface area contributed by atoms with Crippen LogP contribution in [0.3, 0.4) is 0 Å². The maximum Gasteiger partial charge on any atom is 0.138 e.